The number of hydrogen-bond acceptors (Lipinski definition) is 6. The summed E-state index contributed by atoms with van der Waals surface area (Å²) in [5.41, 5.74) is 3.02. The first kappa shape index (κ1) is 30.9. The maximum absolute atomic E-state index is 14.2. The number of aryl methyl sites for hydroxylation is 1. The summed E-state index contributed by atoms with van der Waals surface area (Å²) in [5.74, 6) is 0.146. The highest BCUT2D eigenvalue weighted by Gasteiger charge is 2.33. The van der Waals surface area contributed by atoms with Crippen LogP contribution in [-0.2, 0) is 32.6 Å². The van der Waals surface area contributed by atoms with E-state index in [0.717, 1.165) is 40.1 Å². The number of ether oxygens (including phenoxy) is 2. The molecule has 42 heavy (non-hydrogen) atoms. The molecule has 1 aliphatic rings. The maximum Gasteiger partial charge on any atom is 0.244 e. The number of sulfonamides is 1. The minimum atomic E-state index is -3.89. The third-order valence-corrected chi connectivity index (χ3v) is 8.17. The van der Waals surface area contributed by atoms with E-state index in [2.05, 4.69) is 5.32 Å². The summed E-state index contributed by atoms with van der Waals surface area (Å²) >= 11 is 0. The lowest BCUT2D eigenvalue weighted by molar-refractivity contribution is -0.140. The summed E-state index contributed by atoms with van der Waals surface area (Å²) in [6.07, 6.45) is 3.05. The molecule has 0 bridgehead atoms. The highest BCUT2D eigenvalue weighted by atomic mass is 32.2. The molecule has 10 heteroatoms. The number of anilines is 1. The van der Waals surface area contributed by atoms with Gasteiger partial charge < -0.3 is 19.7 Å². The highest BCUT2D eigenvalue weighted by Crippen LogP contribution is 2.34. The molecule has 2 amide bonds. The largest absolute Gasteiger partial charge is 0.486 e. The van der Waals surface area contributed by atoms with E-state index in [4.69, 9.17) is 9.47 Å². The van der Waals surface area contributed by atoms with Gasteiger partial charge in [0.25, 0.3) is 0 Å². The average Bonchev–Trinajstić information content (AvgIpc) is 2.97. The molecule has 0 aromatic heterocycles. The van der Waals surface area contributed by atoms with Crippen LogP contribution >= 0.6 is 0 Å². The lowest BCUT2D eigenvalue weighted by Gasteiger charge is -2.33. The predicted molar refractivity (Wildman–Crippen MR) is 163 cm³/mol. The molecule has 0 spiro atoms. The minimum Gasteiger partial charge on any atom is -0.486 e. The molecule has 1 atom stereocenters. The fourth-order valence-corrected chi connectivity index (χ4v) is 5.71. The van der Waals surface area contributed by atoms with E-state index in [1.807, 2.05) is 68.4 Å². The fraction of sp³-hybridized carbons (Fsp3) is 0.375. The van der Waals surface area contributed by atoms with Crippen LogP contribution in [0.25, 0.3) is 0 Å². The van der Waals surface area contributed by atoms with E-state index in [1.54, 1.807) is 18.2 Å². The van der Waals surface area contributed by atoms with Gasteiger partial charge in [-0.25, -0.2) is 8.42 Å². The summed E-state index contributed by atoms with van der Waals surface area (Å²) in [4.78, 5) is 29.4. The number of nitrogens with zero attached hydrogens (tertiary/aromatic N) is 2. The first-order valence-electron chi connectivity index (χ1n) is 14.2. The van der Waals surface area contributed by atoms with E-state index < -0.39 is 28.5 Å². The van der Waals surface area contributed by atoms with Crippen molar-refractivity contribution in [2.75, 3.05) is 36.9 Å². The molecule has 9 nitrogen and oxygen atoms in total. The summed E-state index contributed by atoms with van der Waals surface area (Å²) in [6.45, 7) is 4.88. The zero-order chi connectivity index (χ0) is 30.1. The zero-order valence-electron chi connectivity index (χ0n) is 24.4. The van der Waals surface area contributed by atoms with E-state index in [0.29, 0.717) is 31.3 Å². The average molecular weight is 594 g/mol. The third kappa shape index (κ3) is 8.25. The topological polar surface area (TPSA) is 105 Å². The van der Waals surface area contributed by atoms with Gasteiger partial charge in [0, 0.05) is 25.6 Å². The molecule has 1 aliphatic heterocycles. The second-order valence-electron chi connectivity index (χ2n) is 10.5. The van der Waals surface area contributed by atoms with E-state index >= 15 is 0 Å². The van der Waals surface area contributed by atoms with Crippen molar-refractivity contribution < 1.29 is 27.5 Å². The van der Waals surface area contributed by atoms with Gasteiger partial charge in [0.05, 0.1) is 11.9 Å². The molecule has 4 rings (SSSR count). The quantitative estimate of drug-likeness (QED) is 0.300. The number of benzene rings is 3. The van der Waals surface area contributed by atoms with Crippen LogP contribution in [0.2, 0.25) is 0 Å². The van der Waals surface area contributed by atoms with E-state index in [1.165, 1.54) is 4.90 Å². The summed E-state index contributed by atoms with van der Waals surface area (Å²) in [6, 6.07) is 21.2. The molecule has 3 aromatic rings. The Morgan fingerprint density at radius 3 is 2.33 bits per heavy atom. The second kappa shape index (κ2) is 14.2. The Morgan fingerprint density at radius 2 is 1.64 bits per heavy atom. The van der Waals surface area contributed by atoms with Crippen molar-refractivity contribution in [3.63, 3.8) is 0 Å². The van der Waals surface area contributed by atoms with E-state index in [-0.39, 0.29) is 24.6 Å². The SMILES string of the molecule is CCCCNC(=O)[C@@H](Cc1ccccc1)N(Cc1cccc(C)c1)C(=O)CN(c1ccc2c(c1)OCCO2)S(C)(=O)=O. The predicted octanol–water partition coefficient (Wildman–Crippen LogP) is 4.09. The second-order valence-corrected chi connectivity index (χ2v) is 12.4. The number of carbonyl (C=O) groups excluding carboxylic acids is 2. The van der Waals surface area contributed by atoms with Gasteiger partial charge in [-0.3, -0.25) is 13.9 Å². The van der Waals surface area contributed by atoms with Crippen LogP contribution in [-0.4, -0.2) is 63.7 Å². The first-order valence-corrected chi connectivity index (χ1v) is 16.0. The summed E-state index contributed by atoms with van der Waals surface area (Å²) in [7, 11) is -3.89. The Kier molecular flexibility index (Phi) is 10.5. The van der Waals surface area contributed by atoms with Crippen molar-refractivity contribution in [1.82, 2.24) is 10.2 Å². The van der Waals surface area contributed by atoms with Gasteiger partial charge in [0.2, 0.25) is 21.8 Å². The van der Waals surface area contributed by atoms with Gasteiger partial charge in [-0.2, -0.15) is 0 Å². The van der Waals surface area contributed by atoms with Crippen molar-refractivity contribution >= 4 is 27.5 Å². The van der Waals surface area contributed by atoms with Gasteiger partial charge >= 0.3 is 0 Å². The molecule has 0 radical (unpaired) electrons. The van der Waals surface area contributed by atoms with Crippen molar-refractivity contribution in [2.24, 2.45) is 0 Å². The normalized spacial score (nSPS) is 13.2. The molecule has 0 saturated carbocycles. The van der Waals surface area contributed by atoms with Crippen LogP contribution in [0.4, 0.5) is 5.69 Å². The van der Waals surface area contributed by atoms with Crippen molar-refractivity contribution in [3.05, 3.63) is 89.5 Å². The Balaban J connectivity index is 1.71. The van der Waals surface area contributed by atoms with Crippen LogP contribution in [0.15, 0.2) is 72.8 Å². The number of amides is 2. The number of rotatable bonds is 13. The Bertz CT molecular complexity index is 1480. The lowest BCUT2D eigenvalue weighted by Crippen LogP contribution is -2.53. The van der Waals surface area contributed by atoms with Crippen LogP contribution in [0.1, 0.15) is 36.5 Å². The number of carbonyl (C=O) groups is 2. The third-order valence-electron chi connectivity index (χ3n) is 7.03. The van der Waals surface area contributed by atoms with Crippen molar-refractivity contribution in [2.45, 2.75) is 45.7 Å². The maximum atomic E-state index is 14.2. The van der Waals surface area contributed by atoms with Crippen LogP contribution in [0.3, 0.4) is 0 Å². The molecular formula is C32H39N3O6S. The molecule has 0 fully saturated rings. The van der Waals surface area contributed by atoms with Gasteiger partial charge in [-0.05, 0) is 36.6 Å². The number of unbranched alkanes of at least 4 members (excludes halogenated alkanes) is 1. The molecule has 0 saturated heterocycles. The lowest BCUT2D eigenvalue weighted by atomic mass is 10.0. The Labute approximate surface area is 248 Å². The van der Waals surface area contributed by atoms with Gasteiger partial charge in [-0.15, -0.1) is 0 Å². The van der Waals surface area contributed by atoms with Crippen molar-refractivity contribution in [3.8, 4) is 11.5 Å². The number of nitrogens with one attached hydrogen (secondary N) is 1. The fourth-order valence-electron chi connectivity index (χ4n) is 4.87. The molecular weight excluding hydrogens is 554 g/mol. The van der Waals surface area contributed by atoms with E-state index in [9.17, 15) is 18.0 Å². The Morgan fingerprint density at radius 1 is 0.929 bits per heavy atom. The Hall–Kier alpha value is -4.05. The van der Waals surface area contributed by atoms with Crippen LogP contribution < -0.4 is 19.1 Å². The molecule has 1 heterocycles. The summed E-state index contributed by atoms with van der Waals surface area (Å²) < 4.78 is 38.4. The molecule has 0 aliphatic carbocycles. The monoisotopic (exact) mass is 593 g/mol. The zero-order valence-corrected chi connectivity index (χ0v) is 25.2. The number of fused-ring (bicyclic) bond motifs is 1. The van der Waals surface area contributed by atoms with Gasteiger partial charge in [0.15, 0.2) is 11.5 Å². The molecule has 1 N–H and O–H groups in total. The number of hydrogen-bond donors (Lipinski definition) is 1. The summed E-state index contributed by atoms with van der Waals surface area (Å²) in [5, 5.41) is 2.99. The first-order chi connectivity index (χ1) is 20.2. The van der Waals surface area contributed by atoms with Gasteiger partial charge in [0.1, 0.15) is 25.8 Å². The molecule has 3 aromatic carbocycles. The van der Waals surface area contributed by atoms with Gasteiger partial charge in [-0.1, -0.05) is 73.5 Å². The minimum absolute atomic E-state index is 0.137. The smallest absolute Gasteiger partial charge is 0.244 e. The molecule has 0 unspecified atom stereocenters. The standard InChI is InChI=1S/C32H39N3O6S/c1-4-5-16-33-32(37)28(20-25-11-7-6-8-12-25)34(22-26-13-9-10-24(2)19-26)31(36)23-35(42(3,38)39)27-14-15-29-30(21-27)41-18-17-40-29/h6-15,19,21,28H,4-5,16-18,20,22-23H2,1-3H3,(H,33,37)/t28-/m1/s1. The van der Waals surface area contributed by atoms with Crippen LogP contribution in [0, 0.1) is 6.92 Å². The van der Waals surface area contributed by atoms with Crippen molar-refractivity contribution in [1.29, 1.82) is 0 Å². The highest BCUT2D eigenvalue weighted by molar-refractivity contribution is 7.92. The van der Waals surface area contributed by atoms with Crippen LogP contribution in [0.5, 0.6) is 11.5 Å². The molecule has 224 valence electrons.